The highest BCUT2D eigenvalue weighted by molar-refractivity contribution is 6.01. The lowest BCUT2D eigenvalue weighted by Gasteiger charge is -2.10. The van der Waals surface area contributed by atoms with E-state index in [-0.39, 0.29) is 11.7 Å². The van der Waals surface area contributed by atoms with Crippen molar-refractivity contribution in [2.75, 3.05) is 0 Å². The molecular weight excluding hydrogens is 178 g/mol. The summed E-state index contributed by atoms with van der Waals surface area (Å²) in [6.07, 6.45) is 0. The van der Waals surface area contributed by atoms with Crippen LogP contribution in [0.4, 0.5) is 0 Å². The van der Waals surface area contributed by atoms with E-state index in [1.807, 2.05) is 6.07 Å². The van der Waals surface area contributed by atoms with Crippen molar-refractivity contribution in [2.24, 2.45) is 0 Å². The van der Waals surface area contributed by atoms with Crippen LogP contribution in [-0.4, -0.2) is 17.7 Å². The van der Waals surface area contributed by atoms with E-state index >= 15 is 0 Å². The zero-order valence-corrected chi connectivity index (χ0v) is 8.28. The van der Waals surface area contributed by atoms with Gasteiger partial charge in [0.25, 0.3) is 0 Å². The van der Waals surface area contributed by atoms with Gasteiger partial charge in [0.15, 0.2) is 5.78 Å². The Morgan fingerprint density at radius 1 is 1.21 bits per heavy atom. The van der Waals surface area contributed by atoms with Crippen LogP contribution in [0.2, 0.25) is 0 Å². The summed E-state index contributed by atoms with van der Waals surface area (Å²) >= 11 is 0. The maximum atomic E-state index is 11.7. The van der Waals surface area contributed by atoms with Gasteiger partial charge < -0.3 is 5.32 Å². The number of nitrogens with one attached hydrogen (secondary N) is 1. The second-order valence-corrected chi connectivity index (χ2v) is 3.15. The summed E-state index contributed by atoms with van der Waals surface area (Å²) in [4.78, 5) is 22.4. The number of carbonyl (C=O) groups is 2. The van der Waals surface area contributed by atoms with Crippen LogP contribution < -0.4 is 5.32 Å². The number of hydrogen-bond donors (Lipinski definition) is 1. The van der Waals surface area contributed by atoms with Gasteiger partial charge in [-0.3, -0.25) is 9.59 Å². The quantitative estimate of drug-likeness (QED) is 0.734. The monoisotopic (exact) mass is 191 g/mol. The highest BCUT2D eigenvalue weighted by Gasteiger charge is 2.14. The predicted molar refractivity (Wildman–Crippen MR) is 54.1 cm³/mol. The fourth-order valence-corrected chi connectivity index (χ4v) is 1.22. The first-order valence-electron chi connectivity index (χ1n) is 4.47. The van der Waals surface area contributed by atoms with Gasteiger partial charge in [-0.25, -0.2) is 0 Å². The van der Waals surface area contributed by atoms with Crippen LogP contribution in [0.25, 0.3) is 0 Å². The molecule has 0 saturated carbocycles. The van der Waals surface area contributed by atoms with Crippen LogP contribution >= 0.6 is 0 Å². The Kier molecular flexibility index (Phi) is 3.40. The van der Waals surface area contributed by atoms with E-state index in [4.69, 9.17) is 0 Å². The van der Waals surface area contributed by atoms with Gasteiger partial charge in [0, 0.05) is 12.5 Å². The number of rotatable bonds is 3. The Labute approximate surface area is 83.1 Å². The van der Waals surface area contributed by atoms with E-state index in [0.717, 1.165) is 0 Å². The lowest BCUT2D eigenvalue weighted by Crippen LogP contribution is -2.37. The molecule has 1 rings (SSSR count). The molecule has 0 aliphatic carbocycles. The van der Waals surface area contributed by atoms with Crippen molar-refractivity contribution in [1.29, 1.82) is 0 Å². The normalized spacial score (nSPS) is 11.9. The molecule has 1 N–H and O–H groups in total. The van der Waals surface area contributed by atoms with E-state index < -0.39 is 6.04 Å². The average Bonchev–Trinajstić information content (AvgIpc) is 2.17. The van der Waals surface area contributed by atoms with E-state index in [1.54, 1.807) is 31.2 Å². The maximum Gasteiger partial charge on any atom is 0.217 e. The summed E-state index contributed by atoms with van der Waals surface area (Å²) < 4.78 is 0. The molecule has 0 bridgehead atoms. The Morgan fingerprint density at radius 2 is 1.79 bits per heavy atom. The predicted octanol–water partition coefficient (Wildman–Crippen LogP) is 1.39. The molecule has 0 heterocycles. The van der Waals surface area contributed by atoms with Gasteiger partial charge in [0.2, 0.25) is 5.91 Å². The lowest BCUT2D eigenvalue weighted by atomic mass is 10.1. The van der Waals surface area contributed by atoms with Crippen molar-refractivity contribution in [2.45, 2.75) is 19.9 Å². The Hall–Kier alpha value is -1.64. The summed E-state index contributed by atoms with van der Waals surface area (Å²) in [5.41, 5.74) is 0.619. The fraction of sp³-hybridized carbons (Fsp3) is 0.273. The molecule has 1 aromatic rings. The number of Topliss-reactive ketones (excluding diaryl/α,β-unsaturated/α-hetero) is 1. The van der Waals surface area contributed by atoms with Gasteiger partial charge in [-0.2, -0.15) is 0 Å². The third kappa shape index (κ3) is 2.69. The van der Waals surface area contributed by atoms with E-state index in [0.29, 0.717) is 5.56 Å². The van der Waals surface area contributed by atoms with Gasteiger partial charge in [0.1, 0.15) is 0 Å². The number of ketones is 1. The number of benzene rings is 1. The fourth-order valence-electron chi connectivity index (χ4n) is 1.22. The van der Waals surface area contributed by atoms with Crippen LogP contribution in [0.15, 0.2) is 30.3 Å². The third-order valence-corrected chi connectivity index (χ3v) is 1.87. The summed E-state index contributed by atoms with van der Waals surface area (Å²) in [5, 5.41) is 2.55. The summed E-state index contributed by atoms with van der Waals surface area (Å²) in [6.45, 7) is 3.07. The molecule has 14 heavy (non-hydrogen) atoms. The van der Waals surface area contributed by atoms with Crippen LogP contribution in [-0.2, 0) is 4.79 Å². The van der Waals surface area contributed by atoms with Crippen molar-refractivity contribution in [3.8, 4) is 0 Å². The first kappa shape index (κ1) is 10.4. The topological polar surface area (TPSA) is 46.2 Å². The van der Waals surface area contributed by atoms with Crippen molar-refractivity contribution in [1.82, 2.24) is 5.32 Å². The van der Waals surface area contributed by atoms with Gasteiger partial charge in [0.05, 0.1) is 6.04 Å². The molecule has 1 amide bonds. The molecular formula is C11H13NO2. The molecule has 0 unspecified atom stereocenters. The van der Waals surface area contributed by atoms with E-state index in [2.05, 4.69) is 5.32 Å². The van der Waals surface area contributed by atoms with E-state index in [1.165, 1.54) is 6.92 Å². The summed E-state index contributed by atoms with van der Waals surface area (Å²) in [6, 6.07) is 8.46. The zero-order valence-electron chi connectivity index (χ0n) is 8.28. The first-order chi connectivity index (χ1) is 6.61. The number of amides is 1. The molecule has 0 radical (unpaired) electrons. The Morgan fingerprint density at radius 3 is 2.29 bits per heavy atom. The van der Waals surface area contributed by atoms with Crippen molar-refractivity contribution in [3.63, 3.8) is 0 Å². The smallest absolute Gasteiger partial charge is 0.217 e. The molecule has 0 spiro atoms. The van der Waals surface area contributed by atoms with Crippen LogP contribution in [0, 0.1) is 0 Å². The molecule has 0 aromatic heterocycles. The minimum absolute atomic E-state index is 0.0687. The lowest BCUT2D eigenvalue weighted by molar-refractivity contribution is -0.119. The minimum atomic E-state index is -0.463. The van der Waals surface area contributed by atoms with Gasteiger partial charge in [-0.1, -0.05) is 30.3 Å². The van der Waals surface area contributed by atoms with Crippen LogP contribution in [0.5, 0.6) is 0 Å². The SMILES string of the molecule is CC(=O)N[C@@H](C)C(=O)c1ccccc1. The average molecular weight is 191 g/mol. The maximum absolute atomic E-state index is 11.7. The molecule has 0 saturated heterocycles. The molecule has 3 nitrogen and oxygen atoms in total. The largest absolute Gasteiger partial charge is 0.346 e. The molecule has 0 fully saturated rings. The van der Waals surface area contributed by atoms with Crippen LogP contribution in [0.3, 0.4) is 0 Å². The second-order valence-electron chi connectivity index (χ2n) is 3.15. The minimum Gasteiger partial charge on any atom is -0.346 e. The highest BCUT2D eigenvalue weighted by Crippen LogP contribution is 2.02. The molecule has 0 aliphatic rings. The first-order valence-corrected chi connectivity index (χ1v) is 4.47. The molecule has 1 atom stereocenters. The van der Waals surface area contributed by atoms with Crippen molar-refractivity contribution < 1.29 is 9.59 Å². The van der Waals surface area contributed by atoms with Gasteiger partial charge >= 0.3 is 0 Å². The van der Waals surface area contributed by atoms with Crippen molar-refractivity contribution in [3.05, 3.63) is 35.9 Å². The van der Waals surface area contributed by atoms with Gasteiger partial charge in [-0.05, 0) is 6.92 Å². The zero-order chi connectivity index (χ0) is 10.6. The molecule has 1 aromatic carbocycles. The highest BCUT2D eigenvalue weighted by atomic mass is 16.2. The standard InChI is InChI=1S/C11H13NO2/c1-8(12-9(2)13)11(14)10-6-4-3-5-7-10/h3-8H,1-2H3,(H,12,13)/t8-/m0/s1. The molecule has 0 aliphatic heterocycles. The van der Waals surface area contributed by atoms with Crippen molar-refractivity contribution >= 4 is 11.7 Å². The second kappa shape index (κ2) is 4.56. The summed E-state index contributed by atoms with van der Waals surface area (Å²) in [7, 11) is 0. The van der Waals surface area contributed by atoms with E-state index in [9.17, 15) is 9.59 Å². The van der Waals surface area contributed by atoms with Crippen LogP contribution in [0.1, 0.15) is 24.2 Å². The number of carbonyl (C=O) groups excluding carboxylic acids is 2. The Bertz CT molecular complexity index is 332. The summed E-state index contributed by atoms with van der Waals surface area (Å²) in [5.74, 6) is -0.261. The number of hydrogen-bond acceptors (Lipinski definition) is 2. The third-order valence-electron chi connectivity index (χ3n) is 1.87. The van der Waals surface area contributed by atoms with Gasteiger partial charge in [-0.15, -0.1) is 0 Å². The molecule has 3 heteroatoms. The molecule has 74 valence electrons. The Balaban J connectivity index is 2.71.